The summed E-state index contributed by atoms with van der Waals surface area (Å²) in [6.07, 6.45) is -0.706. The van der Waals surface area contributed by atoms with Crippen molar-refractivity contribution in [1.29, 1.82) is 0 Å². The Morgan fingerprint density at radius 3 is 2.42 bits per heavy atom. The number of aliphatic hydroxyl groups excluding tert-OH is 1. The summed E-state index contributed by atoms with van der Waals surface area (Å²) in [5.41, 5.74) is -1.03. The van der Waals surface area contributed by atoms with Gasteiger partial charge in [0.25, 0.3) is 5.91 Å². The molecule has 3 saturated heterocycles. The van der Waals surface area contributed by atoms with Crippen molar-refractivity contribution in [2.45, 2.75) is 44.2 Å². The first-order chi connectivity index (χ1) is 8.91. The van der Waals surface area contributed by atoms with Crippen LogP contribution >= 0.6 is 0 Å². The molecular weight excluding hydrogens is 252 g/mol. The summed E-state index contributed by atoms with van der Waals surface area (Å²) in [5, 5.41) is 10.2. The lowest BCUT2D eigenvalue weighted by Gasteiger charge is -2.31. The van der Waals surface area contributed by atoms with Gasteiger partial charge in [0.15, 0.2) is 0 Å². The van der Waals surface area contributed by atoms with Crippen LogP contribution in [0.3, 0.4) is 0 Å². The third-order valence-electron chi connectivity index (χ3n) is 3.77. The summed E-state index contributed by atoms with van der Waals surface area (Å²) < 4.78 is 10.1. The Morgan fingerprint density at radius 2 is 1.89 bits per heavy atom. The predicted molar refractivity (Wildman–Crippen MR) is 63.1 cm³/mol. The third-order valence-corrected chi connectivity index (χ3v) is 3.77. The van der Waals surface area contributed by atoms with Gasteiger partial charge in [0.05, 0.1) is 32.0 Å². The average Bonchev–Trinajstić information content (AvgIpc) is 3.18. The number of hydrogen-bond donors (Lipinski definition) is 1. The number of aliphatic hydroxyl groups is 1. The van der Waals surface area contributed by atoms with Gasteiger partial charge in [0, 0.05) is 6.42 Å². The van der Waals surface area contributed by atoms with Crippen LogP contribution < -0.4 is 0 Å². The van der Waals surface area contributed by atoms with E-state index in [0.717, 1.165) is 0 Å². The lowest BCUT2D eigenvalue weighted by Crippen LogP contribution is -2.50. The molecule has 7 heteroatoms. The molecule has 0 radical (unpaired) electrons. The fraction of sp³-hybridized carbons (Fsp3) is 0.833. The van der Waals surface area contributed by atoms with Crippen molar-refractivity contribution in [3.8, 4) is 0 Å². The van der Waals surface area contributed by atoms with Gasteiger partial charge in [-0.3, -0.25) is 14.6 Å². The topological polar surface area (TPSA) is 85.9 Å². The van der Waals surface area contributed by atoms with Gasteiger partial charge >= 0.3 is 6.03 Å². The minimum atomic E-state index is -1.03. The van der Waals surface area contributed by atoms with Gasteiger partial charge in [-0.1, -0.05) is 0 Å². The molecule has 0 spiro atoms. The smallest absolute Gasteiger partial charge is 0.329 e. The molecule has 19 heavy (non-hydrogen) atoms. The summed E-state index contributed by atoms with van der Waals surface area (Å²) in [5.74, 6) is -0.288. The van der Waals surface area contributed by atoms with E-state index in [9.17, 15) is 14.7 Å². The van der Waals surface area contributed by atoms with Gasteiger partial charge in [0.1, 0.15) is 11.8 Å². The fourth-order valence-electron chi connectivity index (χ4n) is 2.47. The minimum Gasteiger partial charge on any atom is -0.373 e. The molecule has 3 fully saturated rings. The highest BCUT2D eigenvalue weighted by Gasteiger charge is 2.55. The van der Waals surface area contributed by atoms with Crippen LogP contribution in [0, 0.1) is 0 Å². The number of carbonyl (C=O) groups is 2. The standard InChI is InChI=1S/C12H18N2O5/c1-12(2)10(16)13(4-8-6-19-8)11(17)14(12)9(15)3-7-5-18-7/h7-9,15H,3-6H2,1-2H3. The fourth-order valence-corrected chi connectivity index (χ4v) is 2.47. The number of amides is 3. The van der Waals surface area contributed by atoms with Crippen molar-refractivity contribution in [3.05, 3.63) is 0 Å². The van der Waals surface area contributed by atoms with Crippen LogP contribution in [-0.4, -0.2) is 70.6 Å². The van der Waals surface area contributed by atoms with E-state index < -0.39 is 17.8 Å². The first-order valence-electron chi connectivity index (χ1n) is 6.48. The summed E-state index contributed by atoms with van der Waals surface area (Å²) in [4.78, 5) is 27.0. The zero-order valence-electron chi connectivity index (χ0n) is 11.0. The minimum absolute atomic E-state index is 0.00508. The highest BCUT2D eigenvalue weighted by molar-refractivity contribution is 6.06. The summed E-state index contributed by atoms with van der Waals surface area (Å²) in [7, 11) is 0. The number of epoxide rings is 2. The number of nitrogens with zero attached hydrogens (tertiary/aromatic N) is 2. The molecular formula is C12H18N2O5. The van der Waals surface area contributed by atoms with E-state index in [1.807, 2.05) is 0 Å². The van der Waals surface area contributed by atoms with E-state index in [4.69, 9.17) is 9.47 Å². The molecule has 0 saturated carbocycles. The third kappa shape index (κ3) is 2.22. The molecule has 3 unspecified atom stereocenters. The lowest BCUT2D eigenvalue weighted by molar-refractivity contribution is -0.134. The molecule has 106 valence electrons. The maximum atomic E-state index is 12.3. The van der Waals surface area contributed by atoms with Crippen molar-refractivity contribution < 1.29 is 24.2 Å². The Balaban J connectivity index is 1.76. The highest BCUT2D eigenvalue weighted by atomic mass is 16.6. The number of urea groups is 1. The second kappa shape index (κ2) is 4.16. The molecule has 0 aliphatic carbocycles. The van der Waals surface area contributed by atoms with Crippen molar-refractivity contribution in [1.82, 2.24) is 9.80 Å². The Bertz CT molecular complexity index is 416. The first-order valence-corrected chi connectivity index (χ1v) is 6.48. The summed E-state index contributed by atoms with van der Waals surface area (Å²) in [6, 6.07) is -0.446. The Morgan fingerprint density at radius 1 is 1.32 bits per heavy atom. The van der Waals surface area contributed by atoms with Crippen molar-refractivity contribution in [3.63, 3.8) is 0 Å². The Kier molecular flexibility index (Phi) is 2.81. The molecule has 7 nitrogen and oxygen atoms in total. The summed E-state index contributed by atoms with van der Waals surface area (Å²) in [6.45, 7) is 4.75. The molecule has 0 bridgehead atoms. The summed E-state index contributed by atoms with van der Waals surface area (Å²) >= 11 is 0. The molecule has 0 aromatic rings. The number of rotatable bonds is 5. The average molecular weight is 270 g/mol. The second-order valence-electron chi connectivity index (χ2n) is 5.75. The van der Waals surface area contributed by atoms with Gasteiger partial charge in [0.2, 0.25) is 0 Å². The quantitative estimate of drug-likeness (QED) is 0.539. The van der Waals surface area contributed by atoms with Crippen molar-refractivity contribution in [2.24, 2.45) is 0 Å². The van der Waals surface area contributed by atoms with E-state index in [-0.39, 0.29) is 24.7 Å². The van der Waals surface area contributed by atoms with Crippen LogP contribution in [0.15, 0.2) is 0 Å². The zero-order chi connectivity index (χ0) is 13.8. The monoisotopic (exact) mass is 270 g/mol. The Labute approximate surface area is 111 Å². The predicted octanol–water partition coefficient (Wildman–Crippen LogP) is -0.465. The molecule has 3 aliphatic rings. The molecule has 3 amide bonds. The largest absolute Gasteiger partial charge is 0.373 e. The van der Waals surface area contributed by atoms with Crippen LogP contribution in [0.5, 0.6) is 0 Å². The van der Waals surface area contributed by atoms with E-state index in [1.54, 1.807) is 13.8 Å². The van der Waals surface area contributed by atoms with Crippen molar-refractivity contribution in [2.75, 3.05) is 19.8 Å². The second-order valence-corrected chi connectivity index (χ2v) is 5.75. The molecule has 3 aliphatic heterocycles. The lowest BCUT2D eigenvalue weighted by atomic mass is 10.0. The van der Waals surface area contributed by atoms with Gasteiger partial charge in [-0.25, -0.2) is 4.79 Å². The first kappa shape index (κ1) is 12.8. The molecule has 3 heterocycles. The van der Waals surface area contributed by atoms with E-state index in [1.165, 1.54) is 9.80 Å². The van der Waals surface area contributed by atoms with Crippen LogP contribution in [0.2, 0.25) is 0 Å². The van der Waals surface area contributed by atoms with E-state index in [0.29, 0.717) is 19.6 Å². The molecule has 3 atom stereocenters. The maximum absolute atomic E-state index is 12.3. The van der Waals surface area contributed by atoms with Crippen LogP contribution in [0.4, 0.5) is 4.79 Å². The molecule has 1 N–H and O–H groups in total. The Hall–Kier alpha value is -1.18. The number of ether oxygens (including phenoxy) is 2. The van der Waals surface area contributed by atoms with Gasteiger partial charge < -0.3 is 14.6 Å². The normalized spacial score (nSPS) is 33.8. The molecule has 3 rings (SSSR count). The van der Waals surface area contributed by atoms with Gasteiger partial charge in [-0.15, -0.1) is 0 Å². The van der Waals surface area contributed by atoms with Crippen LogP contribution in [-0.2, 0) is 14.3 Å². The number of carbonyl (C=O) groups excluding carboxylic acids is 2. The number of imide groups is 1. The van der Waals surface area contributed by atoms with E-state index >= 15 is 0 Å². The van der Waals surface area contributed by atoms with Gasteiger partial charge in [-0.05, 0) is 13.8 Å². The molecule has 0 aromatic heterocycles. The highest BCUT2D eigenvalue weighted by Crippen LogP contribution is 2.32. The van der Waals surface area contributed by atoms with E-state index in [2.05, 4.69) is 0 Å². The van der Waals surface area contributed by atoms with Crippen molar-refractivity contribution >= 4 is 11.9 Å². The van der Waals surface area contributed by atoms with Crippen LogP contribution in [0.1, 0.15) is 20.3 Å². The SMILES string of the molecule is CC1(C)C(=O)N(CC2CO2)C(=O)N1C(O)CC1CO1. The molecule has 0 aromatic carbocycles. The number of hydrogen-bond acceptors (Lipinski definition) is 5. The maximum Gasteiger partial charge on any atom is 0.329 e. The zero-order valence-corrected chi connectivity index (χ0v) is 11.0. The van der Waals surface area contributed by atoms with Crippen LogP contribution in [0.25, 0.3) is 0 Å². The van der Waals surface area contributed by atoms with Gasteiger partial charge in [-0.2, -0.15) is 0 Å².